The molecule has 0 atom stereocenters. The number of halogens is 1. The van der Waals surface area contributed by atoms with Crippen LogP contribution in [-0.4, -0.2) is 23.5 Å². The first-order valence-electron chi connectivity index (χ1n) is 5.56. The van der Waals surface area contributed by atoms with E-state index in [1.165, 1.54) is 58.0 Å². The average Bonchev–Trinajstić information content (AvgIpc) is 2.58. The number of likely N-dealkylation sites (tertiary alicyclic amines) is 1. The molecule has 1 aliphatic carbocycles. The first-order valence-corrected chi connectivity index (χ1v) is 5.56. The Labute approximate surface area is 88.3 Å². The first kappa shape index (κ1) is 11.3. The molecule has 0 aromatic heterocycles. The van der Waals surface area contributed by atoms with E-state index >= 15 is 0 Å². The molecule has 78 valence electrons. The summed E-state index contributed by atoms with van der Waals surface area (Å²) in [5, 5.41) is 0. The number of rotatable bonds is 1. The third kappa shape index (κ3) is 2.38. The molecule has 2 heteroatoms. The van der Waals surface area contributed by atoms with Gasteiger partial charge in [0, 0.05) is 5.54 Å². The lowest BCUT2D eigenvalue weighted by molar-refractivity contribution is 0.0912. The predicted molar refractivity (Wildman–Crippen MR) is 59.5 cm³/mol. The SMILES string of the molecule is CC1(N2CCCC2)CCCCC1.Cl. The van der Waals surface area contributed by atoms with Gasteiger partial charge < -0.3 is 0 Å². The van der Waals surface area contributed by atoms with E-state index in [-0.39, 0.29) is 12.4 Å². The molecular formula is C11H22ClN. The lowest BCUT2D eigenvalue weighted by atomic mass is 9.82. The third-order valence-electron chi connectivity index (χ3n) is 3.80. The van der Waals surface area contributed by atoms with Crippen molar-refractivity contribution < 1.29 is 0 Å². The Morgan fingerprint density at radius 3 is 1.92 bits per heavy atom. The molecule has 1 aliphatic heterocycles. The van der Waals surface area contributed by atoms with E-state index in [4.69, 9.17) is 0 Å². The van der Waals surface area contributed by atoms with Crippen LogP contribution in [0.3, 0.4) is 0 Å². The van der Waals surface area contributed by atoms with Crippen molar-refractivity contribution in [2.45, 2.75) is 57.4 Å². The zero-order chi connectivity index (χ0) is 8.44. The molecule has 13 heavy (non-hydrogen) atoms. The minimum Gasteiger partial charge on any atom is -0.298 e. The molecular weight excluding hydrogens is 182 g/mol. The Morgan fingerprint density at radius 2 is 1.38 bits per heavy atom. The van der Waals surface area contributed by atoms with Crippen LogP contribution in [0.15, 0.2) is 0 Å². The van der Waals surface area contributed by atoms with Gasteiger partial charge in [0.1, 0.15) is 0 Å². The molecule has 0 spiro atoms. The molecule has 1 saturated carbocycles. The summed E-state index contributed by atoms with van der Waals surface area (Å²) < 4.78 is 0. The average molecular weight is 204 g/mol. The molecule has 0 amide bonds. The van der Waals surface area contributed by atoms with Crippen molar-refractivity contribution in [2.75, 3.05) is 13.1 Å². The minimum absolute atomic E-state index is 0. The molecule has 0 unspecified atom stereocenters. The van der Waals surface area contributed by atoms with Crippen molar-refractivity contribution in [2.24, 2.45) is 0 Å². The molecule has 0 aromatic carbocycles. The number of hydrogen-bond acceptors (Lipinski definition) is 1. The summed E-state index contributed by atoms with van der Waals surface area (Å²) in [7, 11) is 0. The van der Waals surface area contributed by atoms with Gasteiger partial charge in [-0.05, 0) is 45.7 Å². The van der Waals surface area contributed by atoms with Crippen molar-refractivity contribution in [3.8, 4) is 0 Å². The predicted octanol–water partition coefficient (Wildman–Crippen LogP) is 3.23. The van der Waals surface area contributed by atoms with Crippen LogP contribution >= 0.6 is 12.4 Å². The molecule has 2 rings (SSSR count). The second kappa shape index (κ2) is 4.65. The lowest BCUT2D eigenvalue weighted by Crippen LogP contribution is -2.45. The van der Waals surface area contributed by atoms with E-state index in [1.807, 2.05) is 0 Å². The van der Waals surface area contributed by atoms with Gasteiger partial charge in [-0.25, -0.2) is 0 Å². The largest absolute Gasteiger partial charge is 0.298 e. The molecule has 0 radical (unpaired) electrons. The van der Waals surface area contributed by atoms with Crippen molar-refractivity contribution in [3.63, 3.8) is 0 Å². The fourth-order valence-corrected chi connectivity index (χ4v) is 2.89. The zero-order valence-electron chi connectivity index (χ0n) is 8.72. The van der Waals surface area contributed by atoms with Gasteiger partial charge in [-0.1, -0.05) is 19.3 Å². The summed E-state index contributed by atoms with van der Waals surface area (Å²) in [6.07, 6.45) is 10.2. The van der Waals surface area contributed by atoms with Crippen molar-refractivity contribution >= 4 is 12.4 Å². The van der Waals surface area contributed by atoms with Crippen molar-refractivity contribution in [1.82, 2.24) is 4.90 Å². The Kier molecular flexibility index (Phi) is 4.06. The van der Waals surface area contributed by atoms with E-state index in [2.05, 4.69) is 11.8 Å². The highest BCUT2D eigenvalue weighted by molar-refractivity contribution is 5.85. The number of nitrogens with zero attached hydrogens (tertiary/aromatic N) is 1. The van der Waals surface area contributed by atoms with Gasteiger partial charge in [0.25, 0.3) is 0 Å². The second-order valence-electron chi connectivity index (χ2n) is 4.75. The van der Waals surface area contributed by atoms with Gasteiger partial charge >= 0.3 is 0 Å². The normalized spacial score (nSPS) is 28.4. The maximum Gasteiger partial charge on any atom is 0.0181 e. The fourth-order valence-electron chi connectivity index (χ4n) is 2.89. The fraction of sp³-hybridized carbons (Fsp3) is 1.00. The van der Waals surface area contributed by atoms with Crippen LogP contribution in [0.25, 0.3) is 0 Å². The van der Waals surface area contributed by atoms with Crippen LogP contribution in [0.2, 0.25) is 0 Å². The molecule has 1 nitrogen and oxygen atoms in total. The van der Waals surface area contributed by atoms with Crippen LogP contribution in [0.5, 0.6) is 0 Å². The van der Waals surface area contributed by atoms with Gasteiger partial charge in [0.05, 0.1) is 0 Å². The topological polar surface area (TPSA) is 3.24 Å². The van der Waals surface area contributed by atoms with E-state index < -0.39 is 0 Å². The van der Waals surface area contributed by atoms with Gasteiger partial charge in [-0.2, -0.15) is 0 Å². The molecule has 0 N–H and O–H groups in total. The van der Waals surface area contributed by atoms with Gasteiger partial charge in [-0.15, -0.1) is 12.4 Å². The van der Waals surface area contributed by atoms with Gasteiger partial charge in [-0.3, -0.25) is 4.90 Å². The van der Waals surface area contributed by atoms with E-state index in [1.54, 1.807) is 0 Å². The Bertz CT molecular complexity index is 146. The van der Waals surface area contributed by atoms with E-state index in [0.29, 0.717) is 5.54 Å². The van der Waals surface area contributed by atoms with Crippen molar-refractivity contribution in [3.05, 3.63) is 0 Å². The highest BCUT2D eigenvalue weighted by atomic mass is 35.5. The summed E-state index contributed by atoms with van der Waals surface area (Å²) in [4.78, 5) is 2.74. The molecule has 0 aromatic rings. The lowest BCUT2D eigenvalue weighted by Gasteiger charge is -2.41. The highest BCUT2D eigenvalue weighted by Gasteiger charge is 2.34. The summed E-state index contributed by atoms with van der Waals surface area (Å²) in [6, 6.07) is 0. The van der Waals surface area contributed by atoms with E-state index in [9.17, 15) is 0 Å². The van der Waals surface area contributed by atoms with Crippen LogP contribution < -0.4 is 0 Å². The smallest absolute Gasteiger partial charge is 0.0181 e. The zero-order valence-corrected chi connectivity index (χ0v) is 9.54. The molecule has 1 saturated heterocycles. The number of hydrogen-bond donors (Lipinski definition) is 0. The van der Waals surface area contributed by atoms with Crippen LogP contribution in [0.1, 0.15) is 51.9 Å². The maximum absolute atomic E-state index is 2.74. The Hall–Kier alpha value is 0.250. The van der Waals surface area contributed by atoms with Crippen LogP contribution in [0.4, 0.5) is 0 Å². The molecule has 1 heterocycles. The second-order valence-corrected chi connectivity index (χ2v) is 4.75. The van der Waals surface area contributed by atoms with Crippen LogP contribution in [-0.2, 0) is 0 Å². The highest BCUT2D eigenvalue weighted by Crippen LogP contribution is 2.35. The monoisotopic (exact) mass is 203 g/mol. The van der Waals surface area contributed by atoms with Crippen LogP contribution in [0, 0.1) is 0 Å². The Balaban J connectivity index is 0.000000845. The first-order chi connectivity index (χ1) is 5.81. The third-order valence-corrected chi connectivity index (χ3v) is 3.80. The summed E-state index contributed by atoms with van der Waals surface area (Å²) in [6.45, 7) is 5.23. The quantitative estimate of drug-likeness (QED) is 0.633. The molecule has 2 fully saturated rings. The molecule has 2 aliphatic rings. The summed E-state index contributed by atoms with van der Waals surface area (Å²) >= 11 is 0. The summed E-state index contributed by atoms with van der Waals surface area (Å²) in [5.41, 5.74) is 0.592. The van der Waals surface area contributed by atoms with Crippen molar-refractivity contribution in [1.29, 1.82) is 0 Å². The maximum atomic E-state index is 2.74. The standard InChI is InChI=1S/C11H21N.ClH/c1-11(7-3-2-4-8-11)12-9-5-6-10-12;/h2-10H2,1H3;1H. The molecule has 0 bridgehead atoms. The van der Waals surface area contributed by atoms with Gasteiger partial charge in [0.15, 0.2) is 0 Å². The summed E-state index contributed by atoms with van der Waals surface area (Å²) in [5.74, 6) is 0. The van der Waals surface area contributed by atoms with Gasteiger partial charge in [0.2, 0.25) is 0 Å². The minimum atomic E-state index is 0. The Morgan fingerprint density at radius 1 is 0.846 bits per heavy atom. The van der Waals surface area contributed by atoms with E-state index in [0.717, 1.165) is 0 Å².